The number of aromatic nitrogens is 1. The van der Waals surface area contributed by atoms with Crippen molar-refractivity contribution in [3.8, 4) is 0 Å². The van der Waals surface area contributed by atoms with Gasteiger partial charge in [0.2, 0.25) is 0 Å². The van der Waals surface area contributed by atoms with Crippen molar-refractivity contribution >= 4 is 23.4 Å². The minimum Gasteiger partial charge on any atom is -0.360 e. The summed E-state index contributed by atoms with van der Waals surface area (Å²) in [6, 6.07) is 13.8. The maximum absolute atomic E-state index is 13.7. The van der Waals surface area contributed by atoms with Crippen molar-refractivity contribution in [2.24, 2.45) is 0 Å². The number of carbonyl (C=O) groups is 1. The molecule has 0 radical (unpaired) electrons. The molecule has 1 N–H and O–H groups in total. The number of hydrogen-bond donors (Lipinski definition) is 1. The van der Waals surface area contributed by atoms with Gasteiger partial charge in [0.15, 0.2) is 0 Å². The first-order chi connectivity index (χ1) is 12.0. The second-order valence-corrected chi connectivity index (χ2v) is 6.65. The average Bonchev–Trinajstić information content (AvgIpc) is 3.02. The second kappa shape index (κ2) is 7.53. The summed E-state index contributed by atoms with van der Waals surface area (Å²) in [5.41, 5.74) is 2.32. The van der Waals surface area contributed by atoms with Gasteiger partial charge >= 0.3 is 0 Å². The van der Waals surface area contributed by atoms with Crippen LogP contribution in [0.15, 0.2) is 57.9 Å². The summed E-state index contributed by atoms with van der Waals surface area (Å²) in [7, 11) is 0. The van der Waals surface area contributed by atoms with Gasteiger partial charge in [-0.15, -0.1) is 11.8 Å². The van der Waals surface area contributed by atoms with Crippen LogP contribution in [0.4, 0.5) is 10.1 Å². The molecule has 0 saturated heterocycles. The third kappa shape index (κ3) is 4.28. The summed E-state index contributed by atoms with van der Waals surface area (Å²) in [6.45, 7) is 3.54. The molecule has 1 amide bonds. The molecule has 6 heteroatoms. The molecular weight excluding hydrogens is 339 g/mol. The van der Waals surface area contributed by atoms with Crippen molar-refractivity contribution in [2.75, 3.05) is 5.32 Å². The molecule has 3 rings (SSSR count). The first kappa shape index (κ1) is 17.2. The number of thioether (sulfide) groups is 1. The molecule has 0 aliphatic heterocycles. The van der Waals surface area contributed by atoms with Crippen molar-refractivity contribution in [2.45, 2.75) is 24.5 Å². The zero-order chi connectivity index (χ0) is 17.8. The first-order valence-electron chi connectivity index (χ1n) is 7.74. The van der Waals surface area contributed by atoms with Gasteiger partial charge in [-0.25, -0.2) is 4.39 Å². The van der Waals surface area contributed by atoms with Gasteiger partial charge in [-0.3, -0.25) is 4.79 Å². The van der Waals surface area contributed by atoms with Crippen molar-refractivity contribution in [3.63, 3.8) is 0 Å². The summed E-state index contributed by atoms with van der Waals surface area (Å²) < 4.78 is 18.8. The molecule has 0 fully saturated rings. The van der Waals surface area contributed by atoms with E-state index in [0.29, 0.717) is 22.6 Å². The summed E-state index contributed by atoms with van der Waals surface area (Å²) in [6.07, 6.45) is 0. The Morgan fingerprint density at radius 2 is 2.00 bits per heavy atom. The lowest BCUT2D eigenvalue weighted by atomic mass is 10.2. The number of nitrogens with one attached hydrogen (secondary N) is 1. The van der Waals surface area contributed by atoms with Crippen LogP contribution in [-0.4, -0.2) is 11.1 Å². The lowest BCUT2D eigenvalue weighted by Gasteiger charge is -2.10. The Labute approximate surface area is 149 Å². The summed E-state index contributed by atoms with van der Waals surface area (Å²) in [5.74, 6) is 0.698. The summed E-state index contributed by atoms with van der Waals surface area (Å²) in [4.78, 5) is 13.4. The van der Waals surface area contributed by atoms with E-state index in [-0.39, 0.29) is 11.7 Å². The van der Waals surface area contributed by atoms with E-state index in [0.717, 1.165) is 16.3 Å². The van der Waals surface area contributed by atoms with Crippen LogP contribution in [0.3, 0.4) is 0 Å². The van der Waals surface area contributed by atoms with Crippen LogP contribution in [0.2, 0.25) is 0 Å². The Morgan fingerprint density at radius 1 is 1.20 bits per heavy atom. The van der Waals surface area contributed by atoms with Crippen LogP contribution in [0.5, 0.6) is 0 Å². The molecule has 0 aliphatic rings. The number of benzene rings is 2. The number of carbonyl (C=O) groups excluding carboxylic acids is 1. The smallest absolute Gasteiger partial charge is 0.256 e. The third-order valence-corrected chi connectivity index (χ3v) is 4.70. The maximum Gasteiger partial charge on any atom is 0.256 e. The highest BCUT2D eigenvalue weighted by molar-refractivity contribution is 7.98. The summed E-state index contributed by atoms with van der Waals surface area (Å²) in [5, 5.41) is 6.60. The van der Waals surface area contributed by atoms with Gasteiger partial charge < -0.3 is 9.84 Å². The molecule has 1 aromatic heterocycles. The Kier molecular flexibility index (Phi) is 5.19. The van der Waals surface area contributed by atoms with Crippen molar-refractivity contribution in [3.05, 3.63) is 76.9 Å². The van der Waals surface area contributed by atoms with E-state index in [1.54, 1.807) is 31.2 Å². The molecule has 0 spiro atoms. The number of amides is 1. The van der Waals surface area contributed by atoms with E-state index in [1.165, 1.54) is 17.8 Å². The Hall–Kier alpha value is -2.60. The van der Waals surface area contributed by atoms with Gasteiger partial charge in [0.25, 0.3) is 5.91 Å². The largest absolute Gasteiger partial charge is 0.360 e. The van der Waals surface area contributed by atoms with E-state index in [4.69, 9.17) is 4.52 Å². The predicted octanol–water partition coefficient (Wildman–Crippen LogP) is 4.98. The van der Waals surface area contributed by atoms with Crippen LogP contribution in [-0.2, 0) is 5.75 Å². The first-order valence-corrected chi connectivity index (χ1v) is 8.73. The maximum atomic E-state index is 13.7. The quantitative estimate of drug-likeness (QED) is 0.656. The Morgan fingerprint density at radius 3 is 2.72 bits per heavy atom. The van der Waals surface area contributed by atoms with Gasteiger partial charge in [0.1, 0.15) is 11.6 Å². The van der Waals surface area contributed by atoms with Crippen LogP contribution >= 0.6 is 11.8 Å². The summed E-state index contributed by atoms with van der Waals surface area (Å²) >= 11 is 1.49. The van der Waals surface area contributed by atoms with Crippen LogP contribution < -0.4 is 5.32 Å². The zero-order valence-electron chi connectivity index (χ0n) is 13.9. The van der Waals surface area contributed by atoms with E-state index in [1.807, 2.05) is 25.1 Å². The zero-order valence-corrected chi connectivity index (χ0v) is 14.7. The monoisotopic (exact) mass is 356 g/mol. The van der Waals surface area contributed by atoms with Gasteiger partial charge in [-0.1, -0.05) is 23.4 Å². The fourth-order valence-electron chi connectivity index (χ4n) is 2.28. The van der Waals surface area contributed by atoms with Crippen molar-refractivity contribution in [1.29, 1.82) is 0 Å². The van der Waals surface area contributed by atoms with Gasteiger partial charge in [0, 0.05) is 16.6 Å². The Balaban J connectivity index is 1.74. The predicted molar refractivity (Wildman–Crippen MR) is 96.3 cm³/mol. The van der Waals surface area contributed by atoms with Crippen LogP contribution in [0.1, 0.15) is 27.4 Å². The molecule has 2 aromatic carbocycles. The number of anilines is 1. The number of halogens is 1. The third-order valence-electron chi connectivity index (χ3n) is 3.61. The molecule has 3 aromatic rings. The molecule has 0 atom stereocenters. The topological polar surface area (TPSA) is 55.1 Å². The number of nitrogens with zero attached hydrogens (tertiary/aromatic N) is 1. The van der Waals surface area contributed by atoms with E-state index < -0.39 is 0 Å². The van der Waals surface area contributed by atoms with Crippen LogP contribution in [0.25, 0.3) is 0 Å². The highest BCUT2D eigenvalue weighted by Crippen LogP contribution is 2.27. The van der Waals surface area contributed by atoms with Gasteiger partial charge in [-0.2, -0.15) is 0 Å². The molecule has 25 heavy (non-hydrogen) atoms. The number of aryl methyl sites for hydroxylation is 2. The van der Waals surface area contributed by atoms with Crippen molar-refractivity contribution in [1.82, 2.24) is 5.16 Å². The molecule has 0 saturated carbocycles. The standard InChI is InChI=1S/C19H17FN2O2S/c1-12-7-8-14(10-17(12)20)21-19(23)16-5-3-4-6-18(16)25-11-15-9-13(2)22-24-15/h3-10H,11H2,1-2H3,(H,21,23). The van der Waals surface area contributed by atoms with E-state index >= 15 is 0 Å². The fourth-order valence-corrected chi connectivity index (χ4v) is 3.21. The average molecular weight is 356 g/mol. The highest BCUT2D eigenvalue weighted by atomic mass is 32.2. The Bertz CT molecular complexity index is 908. The van der Waals surface area contributed by atoms with E-state index in [2.05, 4.69) is 10.5 Å². The lowest BCUT2D eigenvalue weighted by Crippen LogP contribution is -2.13. The fraction of sp³-hybridized carbons (Fsp3) is 0.158. The number of hydrogen-bond acceptors (Lipinski definition) is 4. The molecule has 1 heterocycles. The SMILES string of the molecule is Cc1cc(CSc2ccccc2C(=O)Nc2ccc(C)c(F)c2)on1. The minimum absolute atomic E-state index is 0.278. The normalized spacial score (nSPS) is 10.7. The van der Waals surface area contributed by atoms with Gasteiger partial charge in [0.05, 0.1) is 17.0 Å². The molecule has 0 unspecified atom stereocenters. The van der Waals surface area contributed by atoms with E-state index in [9.17, 15) is 9.18 Å². The molecule has 0 aliphatic carbocycles. The van der Waals surface area contributed by atoms with Crippen LogP contribution in [0, 0.1) is 19.7 Å². The lowest BCUT2D eigenvalue weighted by molar-refractivity contribution is 0.102. The molecule has 4 nitrogen and oxygen atoms in total. The minimum atomic E-state index is -0.346. The molecule has 0 bridgehead atoms. The second-order valence-electron chi connectivity index (χ2n) is 5.64. The number of rotatable bonds is 5. The van der Waals surface area contributed by atoms with Gasteiger partial charge in [-0.05, 0) is 43.7 Å². The van der Waals surface area contributed by atoms with Crippen molar-refractivity contribution < 1.29 is 13.7 Å². The molecular formula is C19H17FN2O2S. The highest BCUT2D eigenvalue weighted by Gasteiger charge is 2.13. The molecule has 128 valence electrons.